The van der Waals surface area contributed by atoms with Crippen LogP contribution in [0.5, 0.6) is 0 Å². The Hall–Kier alpha value is -2.18. The minimum atomic E-state index is -0.342. The Kier molecular flexibility index (Phi) is 6.46. The number of aliphatic hydroxyl groups is 1. The second kappa shape index (κ2) is 8.99. The fraction of sp³-hybridized carbons (Fsp3) is 0.615. The van der Waals surface area contributed by atoms with Crippen LogP contribution in [-0.4, -0.2) is 45.1 Å². The zero-order chi connectivity index (χ0) is 22.9. The number of ether oxygens (including phenoxy) is 1. The maximum Gasteiger partial charge on any atom is 0.271 e. The molecule has 0 radical (unpaired) electrons. The number of carbonyl (C=O) groups excluding carboxylic acids is 1. The van der Waals surface area contributed by atoms with E-state index >= 15 is 0 Å². The van der Waals surface area contributed by atoms with Crippen LogP contribution in [0.2, 0.25) is 0 Å². The Morgan fingerprint density at radius 1 is 1.25 bits per heavy atom. The maximum atomic E-state index is 13.0. The molecule has 174 valence electrons. The van der Waals surface area contributed by atoms with Crippen molar-refractivity contribution in [1.82, 2.24) is 15.1 Å². The van der Waals surface area contributed by atoms with Crippen molar-refractivity contribution in [2.45, 2.75) is 89.6 Å². The summed E-state index contributed by atoms with van der Waals surface area (Å²) in [4.78, 5) is 13.0. The van der Waals surface area contributed by atoms with Crippen LogP contribution in [0.4, 0.5) is 0 Å². The molecule has 1 aromatic carbocycles. The van der Waals surface area contributed by atoms with Crippen molar-refractivity contribution in [1.29, 1.82) is 0 Å². The Morgan fingerprint density at radius 3 is 2.66 bits per heavy atom. The topological polar surface area (TPSA) is 76.4 Å². The number of hydrogen-bond acceptors (Lipinski definition) is 4. The SMILES string of the molecule is CCn1nc(C(=O)NC[C@]2(c3ccccc3)CC[C@H]3[C@H](CC2)OC(C)(C)C[C@@H]3O)cc1C. The first kappa shape index (κ1) is 23.0. The Morgan fingerprint density at radius 2 is 1.97 bits per heavy atom. The molecule has 2 fully saturated rings. The van der Waals surface area contributed by atoms with Gasteiger partial charge in [-0.25, -0.2) is 0 Å². The molecule has 2 heterocycles. The summed E-state index contributed by atoms with van der Waals surface area (Å²) in [5.41, 5.74) is 2.20. The van der Waals surface area contributed by atoms with E-state index in [0.717, 1.165) is 37.9 Å². The summed E-state index contributed by atoms with van der Waals surface area (Å²) in [6.45, 7) is 9.42. The van der Waals surface area contributed by atoms with E-state index in [0.29, 0.717) is 18.7 Å². The lowest BCUT2D eigenvalue weighted by atomic mass is 9.73. The lowest BCUT2D eigenvalue weighted by Gasteiger charge is -2.43. The molecule has 1 amide bonds. The summed E-state index contributed by atoms with van der Waals surface area (Å²) in [5, 5.41) is 18.5. The predicted molar refractivity (Wildman–Crippen MR) is 125 cm³/mol. The zero-order valence-corrected chi connectivity index (χ0v) is 19.8. The molecule has 1 aromatic heterocycles. The number of carbonyl (C=O) groups is 1. The van der Waals surface area contributed by atoms with Gasteiger partial charge in [0.25, 0.3) is 5.91 Å². The molecule has 0 spiro atoms. The number of fused-ring (bicyclic) bond motifs is 1. The molecule has 0 bridgehead atoms. The molecule has 4 atom stereocenters. The number of benzene rings is 1. The van der Waals surface area contributed by atoms with Crippen LogP contribution >= 0.6 is 0 Å². The Bertz CT molecular complexity index is 939. The highest BCUT2D eigenvalue weighted by Crippen LogP contribution is 2.45. The third kappa shape index (κ3) is 4.62. The highest BCUT2D eigenvalue weighted by molar-refractivity contribution is 5.92. The van der Waals surface area contributed by atoms with E-state index < -0.39 is 0 Å². The molecule has 1 saturated carbocycles. The van der Waals surface area contributed by atoms with E-state index in [-0.39, 0.29) is 35.0 Å². The van der Waals surface area contributed by atoms with Gasteiger partial charge in [0, 0.05) is 36.5 Å². The Labute approximate surface area is 191 Å². The molecular formula is C26H37N3O3. The minimum Gasteiger partial charge on any atom is -0.393 e. The van der Waals surface area contributed by atoms with Crippen LogP contribution in [-0.2, 0) is 16.7 Å². The van der Waals surface area contributed by atoms with Crippen molar-refractivity contribution in [3.05, 3.63) is 53.3 Å². The quantitative estimate of drug-likeness (QED) is 0.738. The second-order valence-corrected chi connectivity index (χ2v) is 10.2. The summed E-state index contributed by atoms with van der Waals surface area (Å²) in [6.07, 6.45) is 3.95. The van der Waals surface area contributed by atoms with Gasteiger partial charge >= 0.3 is 0 Å². The monoisotopic (exact) mass is 439 g/mol. The van der Waals surface area contributed by atoms with E-state index in [1.54, 1.807) is 0 Å². The van der Waals surface area contributed by atoms with E-state index in [2.05, 4.69) is 48.5 Å². The van der Waals surface area contributed by atoms with E-state index in [1.807, 2.05) is 30.7 Å². The molecule has 6 nitrogen and oxygen atoms in total. The number of aliphatic hydroxyl groups excluding tert-OH is 1. The normalized spacial score (nSPS) is 29.7. The number of aromatic nitrogens is 2. The molecular weight excluding hydrogens is 402 g/mol. The average molecular weight is 440 g/mol. The summed E-state index contributed by atoms with van der Waals surface area (Å²) in [5.74, 6) is 0.0157. The summed E-state index contributed by atoms with van der Waals surface area (Å²) in [7, 11) is 0. The van der Waals surface area contributed by atoms with Gasteiger partial charge in [-0.3, -0.25) is 9.48 Å². The van der Waals surface area contributed by atoms with Crippen molar-refractivity contribution >= 4 is 5.91 Å². The van der Waals surface area contributed by atoms with Gasteiger partial charge in [0.2, 0.25) is 0 Å². The number of rotatable bonds is 5. The van der Waals surface area contributed by atoms with E-state index in [4.69, 9.17) is 4.74 Å². The Balaban J connectivity index is 1.56. The molecule has 2 aliphatic rings. The molecule has 2 N–H and O–H groups in total. The van der Waals surface area contributed by atoms with Gasteiger partial charge in [0.05, 0.1) is 17.8 Å². The maximum absolute atomic E-state index is 13.0. The smallest absolute Gasteiger partial charge is 0.271 e. The summed E-state index contributed by atoms with van der Waals surface area (Å²) < 4.78 is 8.27. The first-order chi connectivity index (χ1) is 15.2. The van der Waals surface area contributed by atoms with Gasteiger partial charge in [-0.05, 0) is 65.0 Å². The lowest BCUT2D eigenvalue weighted by Crippen LogP contribution is -2.48. The number of amides is 1. The van der Waals surface area contributed by atoms with Crippen LogP contribution < -0.4 is 5.32 Å². The van der Waals surface area contributed by atoms with Crippen molar-refractivity contribution in [3.8, 4) is 0 Å². The standard InChI is InChI=1S/C26H37N3O3/c1-5-29-18(2)15-21(28-29)24(31)27-17-26(19-9-7-6-8-10-19)13-11-20-22(30)16-25(3,4)32-23(20)12-14-26/h6-10,15,20,22-23,30H,5,11-14,16-17H2,1-4H3,(H,27,31)/t20-,22+,23+,26+/m1/s1. The molecule has 32 heavy (non-hydrogen) atoms. The second-order valence-electron chi connectivity index (χ2n) is 10.2. The highest BCUT2D eigenvalue weighted by atomic mass is 16.5. The van der Waals surface area contributed by atoms with Crippen LogP contribution in [0.3, 0.4) is 0 Å². The number of nitrogens with zero attached hydrogens (tertiary/aromatic N) is 2. The third-order valence-corrected chi connectivity index (χ3v) is 7.49. The van der Waals surface area contributed by atoms with Crippen LogP contribution in [0, 0.1) is 12.8 Å². The van der Waals surface area contributed by atoms with Gasteiger partial charge in [0.15, 0.2) is 0 Å². The van der Waals surface area contributed by atoms with Crippen molar-refractivity contribution in [2.24, 2.45) is 5.92 Å². The fourth-order valence-electron chi connectivity index (χ4n) is 5.73. The van der Waals surface area contributed by atoms with Crippen molar-refractivity contribution < 1.29 is 14.6 Å². The molecule has 1 aliphatic carbocycles. The zero-order valence-electron chi connectivity index (χ0n) is 19.8. The molecule has 1 saturated heterocycles. The number of nitrogens with one attached hydrogen (secondary N) is 1. The summed E-state index contributed by atoms with van der Waals surface area (Å²) in [6, 6.07) is 12.3. The van der Waals surface area contributed by atoms with E-state index in [1.165, 1.54) is 5.56 Å². The molecule has 2 aromatic rings. The van der Waals surface area contributed by atoms with Crippen LogP contribution in [0.15, 0.2) is 36.4 Å². The van der Waals surface area contributed by atoms with Gasteiger partial charge in [-0.1, -0.05) is 30.3 Å². The first-order valence-corrected chi connectivity index (χ1v) is 12.0. The first-order valence-electron chi connectivity index (χ1n) is 12.0. The highest BCUT2D eigenvalue weighted by Gasteiger charge is 2.46. The van der Waals surface area contributed by atoms with Gasteiger partial charge in [-0.2, -0.15) is 5.10 Å². The van der Waals surface area contributed by atoms with E-state index in [9.17, 15) is 9.90 Å². The number of hydrogen-bond donors (Lipinski definition) is 2. The fourth-order valence-corrected chi connectivity index (χ4v) is 5.73. The van der Waals surface area contributed by atoms with Crippen molar-refractivity contribution in [3.63, 3.8) is 0 Å². The predicted octanol–water partition coefficient (Wildman–Crippen LogP) is 4.00. The molecule has 0 unspecified atom stereocenters. The van der Waals surface area contributed by atoms with Gasteiger partial charge in [0.1, 0.15) is 5.69 Å². The summed E-state index contributed by atoms with van der Waals surface area (Å²) >= 11 is 0. The van der Waals surface area contributed by atoms with Crippen LogP contribution in [0.25, 0.3) is 0 Å². The number of aryl methyl sites for hydroxylation is 2. The lowest BCUT2D eigenvalue weighted by molar-refractivity contribution is -0.178. The van der Waals surface area contributed by atoms with Gasteiger partial charge in [-0.15, -0.1) is 0 Å². The molecule has 4 rings (SSSR count). The molecule has 6 heteroatoms. The minimum absolute atomic E-state index is 0.0536. The molecule has 1 aliphatic heterocycles. The largest absolute Gasteiger partial charge is 0.393 e. The van der Waals surface area contributed by atoms with Crippen molar-refractivity contribution in [2.75, 3.05) is 6.54 Å². The van der Waals surface area contributed by atoms with Crippen LogP contribution in [0.1, 0.15) is 74.6 Å². The van der Waals surface area contributed by atoms with Gasteiger partial charge < -0.3 is 15.2 Å². The third-order valence-electron chi connectivity index (χ3n) is 7.49. The average Bonchev–Trinajstić information content (AvgIpc) is 3.04.